The van der Waals surface area contributed by atoms with Gasteiger partial charge in [-0.25, -0.2) is 4.98 Å². The minimum atomic E-state index is 0.290. The summed E-state index contributed by atoms with van der Waals surface area (Å²) in [5.74, 6) is 1.15. The molecule has 25 heavy (non-hydrogen) atoms. The van der Waals surface area contributed by atoms with Gasteiger partial charge in [-0.05, 0) is 19.1 Å². The SMILES string of the molecule is COCCc1cnc2n1CCN(Cc1ccc3ccccc3n1)[C@H]2C. The lowest BCUT2D eigenvalue weighted by Crippen LogP contribution is -2.37. The van der Waals surface area contributed by atoms with Gasteiger partial charge in [0, 0.05) is 50.4 Å². The molecule has 1 aliphatic rings. The topological polar surface area (TPSA) is 43.2 Å². The van der Waals surface area contributed by atoms with Crippen LogP contribution in [0.1, 0.15) is 30.2 Å². The first-order valence-corrected chi connectivity index (χ1v) is 8.88. The molecule has 3 aromatic rings. The monoisotopic (exact) mass is 336 g/mol. The van der Waals surface area contributed by atoms with Gasteiger partial charge < -0.3 is 9.30 Å². The van der Waals surface area contributed by atoms with Gasteiger partial charge in [0.05, 0.1) is 23.9 Å². The number of aromatic nitrogens is 3. The molecule has 1 atom stereocenters. The van der Waals surface area contributed by atoms with Gasteiger partial charge in [0.2, 0.25) is 0 Å². The summed E-state index contributed by atoms with van der Waals surface area (Å²) in [7, 11) is 1.74. The van der Waals surface area contributed by atoms with E-state index in [1.54, 1.807) is 7.11 Å². The van der Waals surface area contributed by atoms with Gasteiger partial charge >= 0.3 is 0 Å². The Kier molecular flexibility index (Phi) is 4.51. The van der Waals surface area contributed by atoms with Crippen LogP contribution in [0.4, 0.5) is 0 Å². The number of ether oxygens (including phenoxy) is 1. The van der Waals surface area contributed by atoms with Crippen molar-refractivity contribution in [3.05, 3.63) is 59.8 Å². The molecule has 0 saturated carbocycles. The molecule has 0 bridgehead atoms. The number of fused-ring (bicyclic) bond motifs is 2. The summed E-state index contributed by atoms with van der Waals surface area (Å²) < 4.78 is 7.56. The minimum Gasteiger partial charge on any atom is -0.384 e. The van der Waals surface area contributed by atoms with E-state index >= 15 is 0 Å². The number of methoxy groups -OCH3 is 1. The third-order valence-electron chi connectivity index (χ3n) is 5.08. The van der Waals surface area contributed by atoms with Crippen LogP contribution in [0.3, 0.4) is 0 Å². The van der Waals surface area contributed by atoms with Crippen LogP contribution in [-0.2, 0) is 24.2 Å². The first-order valence-electron chi connectivity index (χ1n) is 8.88. The number of benzene rings is 1. The van der Waals surface area contributed by atoms with E-state index in [-0.39, 0.29) is 0 Å². The fraction of sp³-hybridized carbons (Fsp3) is 0.400. The molecule has 0 N–H and O–H groups in total. The number of hydrogen-bond acceptors (Lipinski definition) is 4. The Bertz CT molecular complexity index is 873. The molecule has 5 nitrogen and oxygen atoms in total. The van der Waals surface area contributed by atoms with Gasteiger partial charge in [0.1, 0.15) is 5.82 Å². The van der Waals surface area contributed by atoms with E-state index < -0.39 is 0 Å². The molecule has 3 heterocycles. The third kappa shape index (κ3) is 3.17. The van der Waals surface area contributed by atoms with Crippen molar-refractivity contribution in [1.29, 1.82) is 0 Å². The van der Waals surface area contributed by atoms with Gasteiger partial charge in [-0.15, -0.1) is 0 Å². The van der Waals surface area contributed by atoms with Crippen molar-refractivity contribution in [1.82, 2.24) is 19.4 Å². The molecule has 0 radical (unpaired) electrons. The largest absolute Gasteiger partial charge is 0.384 e. The van der Waals surface area contributed by atoms with Gasteiger partial charge in [0.25, 0.3) is 0 Å². The summed E-state index contributed by atoms with van der Waals surface area (Å²) in [6.45, 7) is 5.82. The van der Waals surface area contributed by atoms with Crippen LogP contribution in [0.5, 0.6) is 0 Å². The Balaban J connectivity index is 1.52. The number of rotatable bonds is 5. The molecule has 1 aromatic carbocycles. The van der Waals surface area contributed by atoms with Crippen molar-refractivity contribution in [2.24, 2.45) is 0 Å². The Morgan fingerprint density at radius 1 is 1.16 bits per heavy atom. The predicted octanol–water partition coefficient (Wildman–Crippen LogP) is 3.20. The number of pyridine rings is 1. The van der Waals surface area contributed by atoms with Crippen LogP contribution in [-0.4, -0.2) is 39.7 Å². The third-order valence-corrected chi connectivity index (χ3v) is 5.08. The maximum Gasteiger partial charge on any atom is 0.126 e. The van der Waals surface area contributed by atoms with E-state index in [0.717, 1.165) is 49.7 Å². The van der Waals surface area contributed by atoms with E-state index in [2.05, 4.69) is 51.7 Å². The maximum absolute atomic E-state index is 5.21. The highest BCUT2D eigenvalue weighted by atomic mass is 16.5. The Morgan fingerprint density at radius 3 is 2.92 bits per heavy atom. The Hall–Kier alpha value is -2.24. The quantitative estimate of drug-likeness (QED) is 0.718. The highest BCUT2D eigenvalue weighted by molar-refractivity contribution is 5.78. The molecular weight excluding hydrogens is 312 g/mol. The summed E-state index contributed by atoms with van der Waals surface area (Å²) >= 11 is 0. The molecule has 0 fully saturated rings. The summed E-state index contributed by atoms with van der Waals surface area (Å²) in [5.41, 5.74) is 3.45. The Labute approximate surface area is 148 Å². The number of nitrogens with zero attached hydrogens (tertiary/aromatic N) is 4. The molecule has 2 aromatic heterocycles. The van der Waals surface area contributed by atoms with E-state index in [1.165, 1.54) is 11.1 Å². The van der Waals surface area contributed by atoms with Gasteiger partial charge in [-0.2, -0.15) is 0 Å². The average molecular weight is 336 g/mol. The van der Waals surface area contributed by atoms with Crippen molar-refractivity contribution in [2.45, 2.75) is 32.5 Å². The summed E-state index contributed by atoms with van der Waals surface area (Å²) in [6, 6.07) is 12.9. The predicted molar refractivity (Wildman–Crippen MR) is 98.4 cm³/mol. The second-order valence-electron chi connectivity index (χ2n) is 6.64. The van der Waals surface area contributed by atoms with Crippen LogP contribution in [0, 0.1) is 0 Å². The molecule has 0 aliphatic carbocycles. The summed E-state index contributed by atoms with van der Waals surface area (Å²) in [4.78, 5) is 12.0. The van der Waals surface area contributed by atoms with Crippen molar-refractivity contribution < 1.29 is 4.74 Å². The molecule has 4 rings (SSSR count). The van der Waals surface area contributed by atoms with E-state index in [0.29, 0.717) is 6.04 Å². The van der Waals surface area contributed by atoms with E-state index in [4.69, 9.17) is 9.72 Å². The zero-order valence-corrected chi connectivity index (χ0v) is 14.9. The number of para-hydroxylation sites is 1. The first kappa shape index (κ1) is 16.2. The molecule has 0 unspecified atom stereocenters. The fourth-order valence-corrected chi connectivity index (χ4v) is 3.63. The second-order valence-corrected chi connectivity index (χ2v) is 6.64. The standard InChI is InChI=1S/C20H24N4O/c1-15-20-21-13-18(9-12-25-2)24(20)11-10-23(15)14-17-8-7-16-5-3-4-6-19(16)22-17/h3-8,13,15H,9-12,14H2,1-2H3/t15-/m0/s1. The minimum absolute atomic E-state index is 0.290. The average Bonchev–Trinajstić information content (AvgIpc) is 3.06. The van der Waals surface area contributed by atoms with Gasteiger partial charge in [0.15, 0.2) is 0 Å². The summed E-state index contributed by atoms with van der Waals surface area (Å²) in [6.07, 6.45) is 2.92. The van der Waals surface area contributed by atoms with Crippen LogP contribution < -0.4 is 0 Å². The van der Waals surface area contributed by atoms with Gasteiger partial charge in [-0.1, -0.05) is 24.3 Å². The lowest BCUT2D eigenvalue weighted by atomic mass is 10.1. The van der Waals surface area contributed by atoms with Crippen molar-refractivity contribution in [3.63, 3.8) is 0 Å². The molecular formula is C20H24N4O. The normalized spacial score (nSPS) is 17.8. The van der Waals surface area contributed by atoms with Gasteiger partial charge in [-0.3, -0.25) is 9.88 Å². The maximum atomic E-state index is 5.21. The number of hydrogen-bond donors (Lipinski definition) is 0. The smallest absolute Gasteiger partial charge is 0.126 e. The first-order chi connectivity index (χ1) is 12.3. The molecule has 1 aliphatic heterocycles. The number of imidazole rings is 1. The van der Waals surface area contributed by atoms with Crippen LogP contribution in [0.25, 0.3) is 10.9 Å². The summed E-state index contributed by atoms with van der Waals surface area (Å²) in [5, 5.41) is 1.19. The van der Waals surface area contributed by atoms with Crippen molar-refractivity contribution in [3.8, 4) is 0 Å². The second kappa shape index (κ2) is 6.94. The zero-order valence-electron chi connectivity index (χ0n) is 14.9. The molecule has 0 spiro atoms. The molecule has 0 amide bonds. The molecule has 5 heteroatoms. The van der Waals surface area contributed by atoms with Crippen molar-refractivity contribution >= 4 is 10.9 Å². The molecule has 130 valence electrons. The van der Waals surface area contributed by atoms with Crippen molar-refractivity contribution in [2.75, 3.05) is 20.3 Å². The van der Waals surface area contributed by atoms with Crippen LogP contribution in [0.2, 0.25) is 0 Å². The van der Waals surface area contributed by atoms with E-state index in [9.17, 15) is 0 Å². The highest BCUT2D eigenvalue weighted by Crippen LogP contribution is 2.27. The van der Waals surface area contributed by atoms with Crippen LogP contribution in [0.15, 0.2) is 42.6 Å². The van der Waals surface area contributed by atoms with E-state index in [1.807, 2.05) is 12.3 Å². The highest BCUT2D eigenvalue weighted by Gasteiger charge is 2.27. The zero-order chi connectivity index (χ0) is 17.2. The lowest BCUT2D eigenvalue weighted by Gasteiger charge is -2.34. The fourth-order valence-electron chi connectivity index (χ4n) is 3.63. The molecule has 0 saturated heterocycles. The Morgan fingerprint density at radius 2 is 2.04 bits per heavy atom. The lowest BCUT2D eigenvalue weighted by molar-refractivity contribution is 0.151. The van der Waals surface area contributed by atoms with Crippen LogP contribution >= 0.6 is 0 Å².